The lowest BCUT2D eigenvalue weighted by Gasteiger charge is -2.31. The first-order valence-corrected chi connectivity index (χ1v) is 5.63. The first-order chi connectivity index (χ1) is 7.15. The zero-order chi connectivity index (χ0) is 10.8. The molecule has 1 aliphatic carbocycles. The van der Waals surface area contributed by atoms with E-state index in [0.717, 1.165) is 24.6 Å². The predicted molar refractivity (Wildman–Crippen MR) is 57.0 cm³/mol. The molecule has 0 amide bonds. The number of nitrogens with zero attached hydrogens (tertiary/aromatic N) is 4. The molecule has 15 heavy (non-hydrogen) atoms. The topological polar surface area (TPSA) is 69.6 Å². The smallest absolute Gasteiger partial charge is 0.175 e. The first kappa shape index (κ1) is 10.5. The molecule has 2 N–H and O–H groups in total. The lowest BCUT2D eigenvalue weighted by atomic mass is 9.77. The van der Waals surface area contributed by atoms with Crippen molar-refractivity contribution in [2.24, 2.45) is 24.6 Å². The molecule has 1 heterocycles. The van der Waals surface area contributed by atoms with Gasteiger partial charge in [0.1, 0.15) is 0 Å². The Balaban J connectivity index is 1.98. The van der Waals surface area contributed by atoms with Crippen LogP contribution in [0.3, 0.4) is 0 Å². The van der Waals surface area contributed by atoms with Crippen molar-refractivity contribution >= 4 is 0 Å². The molecule has 0 bridgehead atoms. The van der Waals surface area contributed by atoms with Crippen molar-refractivity contribution in [2.45, 2.75) is 38.6 Å². The van der Waals surface area contributed by atoms with Gasteiger partial charge in [0.2, 0.25) is 0 Å². The van der Waals surface area contributed by atoms with Gasteiger partial charge in [-0.3, -0.25) is 0 Å². The third-order valence-corrected chi connectivity index (χ3v) is 3.30. The van der Waals surface area contributed by atoms with Crippen LogP contribution in [0.2, 0.25) is 0 Å². The maximum atomic E-state index is 6.11. The predicted octanol–water partition coefficient (Wildman–Crippen LogP) is 0.516. The number of aryl methyl sites for hydroxylation is 1. The monoisotopic (exact) mass is 209 g/mol. The van der Waals surface area contributed by atoms with Gasteiger partial charge in [0.05, 0.1) is 7.05 Å². The molecule has 84 valence electrons. The van der Waals surface area contributed by atoms with E-state index < -0.39 is 0 Å². The largest absolute Gasteiger partial charge is 0.327 e. The van der Waals surface area contributed by atoms with E-state index in [1.165, 1.54) is 17.6 Å². The Kier molecular flexibility index (Phi) is 3.00. The van der Waals surface area contributed by atoms with Gasteiger partial charge in [-0.05, 0) is 36.3 Å². The second-order valence-corrected chi connectivity index (χ2v) is 4.74. The lowest BCUT2D eigenvalue weighted by molar-refractivity contribution is 0.242. The maximum absolute atomic E-state index is 6.11. The van der Waals surface area contributed by atoms with Gasteiger partial charge in [0.15, 0.2) is 5.82 Å². The van der Waals surface area contributed by atoms with Crippen LogP contribution in [0.1, 0.15) is 32.0 Å². The van der Waals surface area contributed by atoms with E-state index >= 15 is 0 Å². The van der Waals surface area contributed by atoms with Gasteiger partial charge in [-0.2, -0.15) is 4.80 Å². The summed E-state index contributed by atoms with van der Waals surface area (Å²) in [5.74, 6) is 2.14. The van der Waals surface area contributed by atoms with Gasteiger partial charge in [0.25, 0.3) is 0 Å². The summed E-state index contributed by atoms with van der Waals surface area (Å²) in [6.45, 7) is 2.29. The van der Waals surface area contributed by atoms with Crippen LogP contribution in [0.5, 0.6) is 0 Å². The van der Waals surface area contributed by atoms with Crippen molar-refractivity contribution in [1.82, 2.24) is 20.2 Å². The van der Waals surface area contributed by atoms with E-state index in [2.05, 4.69) is 22.3 Å². The molecule has 0 aliphatic heterocycles. The molecular formula is C10H19N5. The number of tetrazole rings is 1. The van der Waals surface area contributed by atoms with E-state index in [-0.39, 0.29) is 0 Å². The summed E-state index contributed by atoms with van der Waals surface area (Å²) in [5.41, 5.74) is 6.11. The van der Waals surface area contributed by atoms with E-state index in [1.807, 2.05) is 0 Å². The van der Waals surface area contributed by atoms with E-state index in [0.29, 0.717) is 12.0 Å². The number of rotatable bonds is 2. The van der Waals surface area contributed by atoms with Gasteiger partial charge in [-0.1, -0.05) is 6.92 Å². The Morgan fingerprint density at radius 2 is 2.27 bits per heavy atom. The Hall–Kier alpha value is -0.970. The van der Waals surface area contributed by atoms with Gasteiger partial charge in [-0.25, -0.2) is 0 Å². The molecule has 2 rings (SSSR count). The highest BCUT2D eigenvalue weighted by molar-refractivity contribution is 4.89. The average molecular weight is 209 g/mol. The fourth-order valence-corrected chi connectivity index (χ4v) is 2.40. The molecule has 1 aliphatic rings. The fourth-order valence-electron chi connectivity index (χ4n) is 2.40. The quantitative estimate of drug-likeness (QED) is 0.770. The summed E-state index contributed by atoms with van der Waals surface area (Å²) in [7, 11) is 1.79. The molecule has 5 nitrogen and oxygen atoms in total. The fraction of sp³-hybridized carbons (Fsp3) is 0.900. The van der Waals surface area contributed by atoms with Crippen LogP contribution in [-0.2, 0) is 13.5 Å². The molecule has 3 atom stereocenters. The zero-order valence-corrected chi connectivity index (χ0v) is 9.43. The van der Waals surface area contributed by atoms with Crippen molar-refractivity contribution in [3.8, 4) is 0 Å². The van der Waals surface area contributed by atoms with Crippen LogP contribution < -0.4 is 5.73 Å². The SMILES string of the molecule is CC1CCC(N)C(Cc2nnn(C)n2)C1. The minimum absolute atomic E-state index is 0.310. The van der Waals surface area contributed by atoms with Crippen LogP contribution in [0.25, 0.3) is 0 Å². The molecule has 1 aromatic rings. The van der Waals surface area contributed by atoms with Crippen molar-refractivity contribution in [2.75, 3.05) is 0 Å². The Bertz CT molecular complexity index is 321. The molecule has 1 aromatic heterocycles. The second kappa shape index (κ2) is 4.26. The molecule has 0 saturated heterocycles. The Morgan fingerprint density at radius 1 is 1.47 bits per heavy atom. The third-order valence-electron chi connectivity index (χ3n) is 3.30. The van der Waals surface area contributed by atoms with Gasteiger partial charge >= 0.3 is 0 Å². The van der Waals surface area contributed by atoms with Crippen LogP contribution in [0.4, 0.5) is 0 Å². The lowest BCUT2D eigenvalue weighted by Crippen LogP contribution is -2.37. The Morgan fingerprint density at radius 3 is 2.93 bits per heavy atom. The van der Waals surface area contributed by atoms with Crippen LogP contribution >= 0.6 is 0 Å². The molecule has 3 unspecified atom stereocenters. The second-order valence-electron chi connectivity index (χ2n) is 4.74. The van der Waals surface area contributed by atoms with E-state index in [4.69, 9.17) is 5.73 Å². The average Bonchev–Trinajstić information content (AvgIpc) is 2.58. The normalized spacial score (nSPS) is 31.8. The van der Waals surface area contributed by atoms with E-state index in [1.54, 1.807) is 7.05 Å². The zero-order valence-electron chi connectivity index (χ0n) is 9.43. The number of hydrogen-bond donors (Lipinski definition) is 1. The summed E-state index contributed by atoms with van der Waals surface area (Å²) in [5, 5.41) is 12.1. The minimum Gasteiger partial charge on any atom is -0.327 e. The molecular weight excluding hydrogens is 190 g/mol. The highest BCUT2D eigenvalue weighted by Gasteiger charge is 2.27. The molecule has 0 radical (unpaired) electrons. The number of nitrogens with two attached hydrogens (primary N) is 1. The highest BCUT2D eigenvalue weighted by atomic mass is 15.6. The van der Waals surface area contributed by atoms with Gasteiger partial charge in [-0.15, -0.1) is 10.2 Å². The van der Waals surface area contributed by atoms with Gasteiger partial charge in [0, 0.05) is 12.5 Å². The van der Waals surface area contributed by atoms with Gasteiger partial charge < -0.3 is 5.73 Å². The number of hydrogen-bond acceptors (Lipinski definition) is 4. The van der Waals surface area contributed by atoms with Crippen molar-refractivity contribution in [3.05, 3.63) is 5.82 Å². The Labute approximate surface area is 90.0 Å². The van der Waals surface area contributed by atoms with E-state index in [9.17, 15) is 0 Å². The highest BCUT2D eigenvalue weighted by Crippen LogP contribution is 2.29. The van der Waals surface area contributed by atoms with Crippen molar-refractivity contribution in [1.29, 1.82) is 0 Å². The minimum atomic E-state index is 0.310. The summed E-state index contributed by atoms with van der Waals surface area (Å²) >= 11 is 0. The molecule has 1 fully saturated rings. The summed E-state index contributed by atoms with van der Waals surface area (Å²) in [6.07, 6.45) is 4.45. The van der Waals surface area contributed by atoms with Crippen LogP contribution in [0.15, 0.2) is 0 Å². The van der Waals surface area contributed by atoms with Crippen molar-refractivity contribution < 1.29 is 0 Å². The molecule has 0 aromatic carbocycles. The first-order valence-electron chi connectivity index (χ1n) is 5.63. The molecule has 1 saturated carbocycles. The van der Waals surface area contributed by atoms with Crippen LogP contribution in [0, 0.1) is 11.8 Å². The maximum Gasteiger partial charge on any atom is 0.175 e. The summed E-state index contributed by atoms with van der Waals surface area (Å²) in [4.78, 5) is 1.51. The third kappa shape index (κ3) is 2.53. The summed E-state index contributed by atoms with van der Waals surface area (Å²) in [6, 6.07) is 0.310. The number of aromatic nitrogens is 4. The molecule has 5 heteroatoms. The molecule has 0 spiro atoms. The van der Waals surface area contributed by atoms with Crippen molar-refractivity contribution in [3.63, 3.8) is 0 Å². The summed E-state index contributed by atoms with van der Waals surface area (Å²) < 4.78 is 0. The van der Waals surface area contributed by atoms with Crippen LogP contribution in [-0.4, -0.2) is 26.2 Å². The standard InChI is InChI=1S/C10H19N5/c1-7-3-4-9(11)8(5-7)6-10-12-14-15(2)13-10/h7-9H,3-6,11H2,1-2H3.